The minimum Gasteiger partial charge on any atom is -0.120 e. The van der Waals surface area contributed by atoms with Gasteiger partial charge in [0.25, 0.3) is 0 Å². The van der Waals surface area contributed by atoms with E-state index in [2.05, 4.69) is 139 Å². The van der Waals surface area contributed by atoms with E-state index < -0.39 is 0 Å². The van der Waals surface area contributed by atoms with Crippen LogP contribution in [0.1, 0.15) is 63.8 Å². The van der Waals surface area contributed by atoms with Gasteiger partial charge in [-0.3, -0.25) is 0 Å². The van der Waals surface area contributed by atoms with Crippen molar-refractivity contribution >= 4 is 47.8 Å². The fourth-order valence-corrected chi connectivity index (χ4v) is 5.06. The zero-order chi connectivity index (χ0) is 23.2. The first kappa shape index (κ1) is 24.5. The first-order valence-corrected chi connectivity index (χ1v) is 12.7. The largest absolute Gasteiger partial charge is 0.120 e. The number of benzene rings is 3. The van der Waals surface area contributed by atoms with Gasteiger partial charge in [-0.2, -0.15) is 0 Å². The van der Waals surface area contributed by atoms with E-state index in [1.165, 1.54) is 32.0 Å². The molecule has 2 heteroatoms. The molecule has 0 unspecified atom stereocenters. The average Bonchev–Trinajstić information content (AvgIpc) is 2.71. The molecule has 166 valence electrons. The number of thioether (sulfide) groups is 2. The van der Waals surface area contributed by atoms with Crippen LogP contribution in [0.5, 0.6) is 0 Å². The fraction of sp³-hybridized carbons (Fsp3) is 0.267. The molecule has 0 amide bonds. The van der Waals surface area contributed by atoms with Crippen LogP contribution in [0.25, 0.3) is 24.3 Å². The summed E-state index contributed by atoms with van der Waals surface area (Å²) in [5.74, 6) is 0. The molecule has 0 bridgehead atoms. The summed E-state index contributed by atoms with van der Waals surface area (Å²) in [4.78, 5) is 2.63. The fourth-order valence-electron chi connectivity index (χ4n) is 3.10. The number of hydrogen-bond donors (Lipinski definition) is 0. The third-order valence-electron chi connectivity index (χ3n) is 4.48. The lowest BCUT2D eigenvalue weighted by molar-refractivity contribution is 0.802. The number of hydrogen-bond acceptors (Lipinski definition) is 2. The van der Waals surface area contributed by atoms with E-state index in [0.29, 0.717) is 0 Å². The molecule has 0 saturated carbocycles. The molecule has 0 nitrogen and oxygen atoms in total. The van der Waals surface area contributed by atoms with Crippen LogP contribution in [-0.4, -0.2) is 9.49 Å². The van der Waals surface area contributed by atoms with Gasteiger partial charge in [-0.15, -0.1) is 23.5 Å². The first-order chi connectivity index (χ1) is 15.1. The Morgan fingerprint density at radius 3 is 0.844 bits per heavy atom. The van der Waals surface area contributed by atoms with Gasteiger partial charge in [0.2, 0.25) is 0 Å². The van der Waals surface area contributed by atoms with Gasteiger partial charge in [-0.1, -0.05) is 114 Å². The van der Waals surface area contributed by atoms with Gasteiger partial charge in [0.15, 0.2) is 0 Å². The van der Waals surface area contributed by atoms with Crippen LogP contribution in [0.15, 0.2) is 82.6 Å². The molecule has 0 heterocycles. The Labute approximate surface area is 203 Å². The van der Waals surface area contributed by atoms with Crippen molar-refractivity contribution in [1.82, 2.24) is 0 Å². The Hall–Kier alpha value is -2.16. The van der Waals surface area contributed by atoms with Gasteiger partial charge in [0.05, 0.1) is 0 Å². The molecule has 0 spiro atoms. The van der Waals surface area contributed by atoms with Gasteiger partial charge in [-0.05, 0) is 46.5 Å². The van der Waals surface area contributed by atoms with Crippen LogP contribution < -0.4 is 0 Å². The van der Waals surface area contributed by atoms with Gasteiger partial charge in [0.1, 0.15) is 0 Å². The lowest BCUT2D eigenvalue weighted by atomic mass is 10.1. The van der Waals surface area contributed by atoms with Crippen molar-refractivity contribution in [3.05, 3.63) is 95.1 Å². The second-order valence-electron chi connectivity index (χ2n) is 9.90. The van der Waals surface area contributed by atoms with Gasteiger partial charge >= 0.3 is 0 Å². The van der Waals surface area contributed by atoms with Crippen molar-refractivity contribution in [2.75, 3.05) is 0 Å². The molecule has 0 radical (unpaired) electrons. The SMILES string of the molecule is CC(C)(C)Sc1ccc(/C=C/c2ccc(/C=C/c3ccc(SC(C)(C)C)cc3)cc2)cc1. The van der Waals surface area contributed by atoms with Crippen LogP contribution in [0.3, 0.4) is 0 Å². The second-order valence-corrected chi connectivity index (χ2v) is 13.7. The summed E-state index contributed by atoms with van der Waals surface area (Å²) >= 11 is 3.80. The Morgan fingerprint density at radius 2 is 0.625 bits per heavy atom. The lowest BCUT2D eigenvalue weighted by Gasteiger charge is -2.17. The molecule has 0 aliphatic carbocycles. The van der Waals surface area contributed by atoms with Crippen molar-refractivity contribution in [2.24, 2.45) is 0 Å². The van der Waals surface area contributed by atoms with E-state index in [0.717, 1.165) is 0 Å². The summed E-state index contributed by atoms with van der Waals surface area (Å²) in [6, 6.07) is 26.3. The Balaban J connectivity index is 1.58. The Kier molecular flexibility index (Phi) is 8.14. The van der Waals surface area contributed by atoms with Crippen molar-refractivity contribution < 1.29 is 0 Å². The third kappa shape index (κ3) is 8.76. The van der Waals surface area contributed by atoms with E-state index in [9.17, 15) is 0 Å². The molecular weight excluding hydrogens is 424 g/mol. The van der Waals surface area contributed by atoms with Crippen LogP contribution in [-0.2, 0) is 0 Å². The summed E-state index contributed by atoms with van der Waals surface area (Å²) in [5, 5.41) is 0. The predicted octanol–water partition coefficient (Wildman–Crippen LogP) is 9.81. The first-order valence-electron chi connectivity index (χ1n) is 11.1. The topological polar surface area (TPSA) is 0 Å². The summed E-state index contributed by atoms with van der Waals surface area (Å²) in [6.45, 7) is 13.5. The Morgan fingerprint density at radius 1 is 0.406 bits per heavy atom. The summed E-state index contributed by atoms with van der Waals surface area (Å²) < 4.78 is 0.477. The van der Waals surface area contributed by atoms with Crippen molar-refractivity contribution in [3.8, 4) is 0 Å². The van der Waals surface area contributed by atoms with Crippen molar-refractivity contribution in [3.63, 3.8) is 0 Å². The van der Waals surface area contributed by atoms with Gasteiger partial charge < -0.3 is 0 Å². The predicted molar refractivity (Wildman–Crippen MR) is 148 cm³/mol. The maximum Gasteiger partial charge on any atom is 0.0122 e. The maximum atomic E-state index is 2.24. The highest BCUT2D eigenvalue weighted by Crippen LogP contribution is 2.32. The van der Waals surface area contributed by atoms with E-state index in [1.54, 1.807) is 0 Å². The van der Waals surface area contributed by atoms with Crippen LogP contribution >= 0.6 is 23.5 Å². The molecule has 3 aromatic carbocycles. The normalized spacial score (nSPS) is 12.7. The van der Waals surface area contributed by atoms with E-state index in [4.69, 9.17) is 0 Å². The molecular formula is C30H34S2. The highest BCUT2D eigenvalue weighted by molar-refractivity contribution is 8.00. The minimum atomic E-state index is 0.238. The maximum absolute atomic E-state index is 2.24. The highest BCUT2D eigenvalue weighted by Gasteiger charge is 2.12. The van der Waals surface area contributed by atoms with Crippen molar-refractivity contribution in [1.29, 1.82) is 0 Å². The number of rotatable bonds is 6. The molecule has 32 heavy (non-hydrogen) atoms. The Bertz CT molecular complexity index is 952. The molecule has 0 saturated heterocycles. The lowest BCUT2D eigenvalue weighted by Crippen LogP contribution is -2.06. The molecule has 0 aliphatic heterocycles. The van der Waals surface area contributed by atoms with Crippen LogP contribution in [0, 0.1) is 0 Å². The van der Waals surface area contributed by atoms with E-state index in [1.807, 2.05) is 23.5 Å². The van der Waals surface area contributed by atoms with Crippen LogP contribution in [0.2, 0.25) is 0 Å². The van der Waals surface area contributed by atoms with E-state index >= 15 is 0 Å². The molecule has 3 rings (SSSR count). The highest BCUT2D eigenvalue weighted by atomic mass is 32.2. The zero-order valence-electron chi connectivity index (χ0n) is 20.1. The summed E-state index contributed by atoms with van der Waals surface area (Å²) in [6.07, 6.45) is 8.69. The average molecular weight is 459 g/mol. The van der Waals surface area contributed by atoms with Crippen molar-refractivity contribution in [2.45, 2.75) is 60.8 Å². The van der Waals surface area contributed by atoms with E-state index in [-0.39, 0.29) is 9.49 Å². The standard InChI is InChI=1S/C30H34S2/c1-29(2,3)31-27-19-15-25(16-20-27)13-11-23-7-9-24(10-8-23)12-14-26-17-21-28(22-18-26)32-30(4,5)6/h7-22H,1-6H3/b13-11+,14-12+. The summed E-state index contributed by atoms with van der Waals surface area (Å²) in [7, 11) is 0. The third-order valence-corrected chi connectivity index (χ3v) is 6.72. The molecule has 0 atom stereocenters. The smallest absolute Gasteiger partial charge is 0.0122 e. The molecule has 0 aromatic heterocycles. The molecule has 0 aliphatic rings. The quantitative estimate of drug-likeness (QED) is 0.266. The minimum absolute atomic E-state index is 0.238. The second kappa shape index (κ2) is 10.6. The molecule has 3 aromatic rings. The van der Waals surface area contributed by atoms with Crippen LogP contribution in [0.4, 0.5) is 0 Å². The molecule has 0 fully saturated rings. The molecule has 0 N–H and O–H groups in total. The van der Waals surface area contributed by atoms with Gasteiger partial charge in [0, 0.05) is 19.3 Å². The monoisotopic (exact) mass is 458 g/mol. The van der Waals surface area contributed by atoms with Gasteiger partial charge in [-0.25, -0.2) is 0 Å². The summed E-state index contributed by atoms with van der Waals surface area (Å²) in [5.41, 5.74) is 4.86. The zero-order valence-corrected chi connectivity index (χ0v) is 21.7.